The van der Waals surface area contributed by atoms with E-state index >= 15 is 0 Å². The first-order chi connectivity index (χ1) is 21.5. The van der Waals surface area contributed by atoms with Gasteiger partial charge in [-0.1, -0.05) is 75.0 Å². The number of amides is 3. The average molecular weight is 637 g/mol. The lowest BCUT2D eigenvalue weighted by molar-refractivity contribution is -0.274. The Kier molecular flexibility index (Phi) is 9.57. The fourth-order valence-electron chi connectivity index (χ4n) is 4.83. The lowest BCUT2D eigenvalue weighted by Gasteiger charge is -2.21. The van der Waals surface area contributed by atoms with E-state index in [2.05, 4.69) is 39.0 Å². The molecule has 234 valence electrons. The number of alkyl halides is 3. The van der Waals surface area contributed by atoms with E-state index in [1.165, 1.54) is 51.9 Å². The van der Waals surface area contributed by atoms with Crippen LogP contribution in [0.25, 0.3) is 17.1 Å². The molecule has 0 bridgehead atoms. The molecule has 0 aliphatic carbocycles. The van der Waals surface area contributed by atoms with Gasteiger partial charge < -0.3 is 10.1 Å². The molecule has 4 aromatic rings. The highest BCUT2D eigenvalue weighted by atomic mass is 32.2. The number of urea groups is 1. The normalized spacial score (nSPS) is 15.1. The number of nitrogens with zero attached hydrogens (tertiary/aromatic N) is 5. The largest absolute Gasteiger partial charge is 0.573 e. The van der Waals surface area contributed by atoms with Crippen LogP contribution in [0.1, 0.15) is 37.8 Å². The van der Waals surface area contributed by atoms with Crippen LogP contribution in [0.5, 0.6) is 5.75 Å². The lowest BCUT2D eigenvalue weighted by Crippen LogP contribution is -2.33. The number of aromatic nitrogens is 3. The molecule has 1 atom stereocenters. The molecule has 1 fully saturated rings. The van der Waals surface area contributed by atoms with Gasteiger partial charge in [-0.3, -0.25) is 9.69 Å². The molecule has 0 saturated carbocycles. The summed E-state index contributed by atoms with van der Waals surface area (Å²) in [6.45, 7) is 6.54. The quantitative estimate of drug-likeness (QED) is 0.213. The Labute approximate surface area is 262 Å². The van der Waals surface area contributed by atoms with Gasteiger partial charge in [-0.25, -0.2) is 14.5 Å². The molecule has 0 radical (unpaired) electrons. The van der Waals surface area contributed by atoms with Crippen molar-refractivity contribution in [3.05, 3.63) is 90.3 Å². The van der Waals surface area contributed by atoms with Crippen molar-refractivity contribution in [2.24, 2.45) is 10.9 Å². The maximum Gasteiger partial charge on any atom is 0.573 e. The predicted octanol–water partition coefficient (Wildman–Crippen LogP) is 6.98. The van der Waals surface area contributed by atoms with Crippen molar-refractivity contribution >= 4 is 34.6 Å². The molecule has 13 heteroatoms. The first-order valence-corrected chi connectivity index (χ1v) is 15.2. The average Bonchev–Trinajstić information content (AvgIpc) is 3.63. The van der Waals surface area contributed by atoms with Crippen LogP contribution < -0.4 is 15.0 Å². The Morgan fingerprint density at radius 2 is 1.76 bits per heavy atom. The Morgan fingerprint density at radius 3 is 2.44 bits per heavy atom. The van der Waals surface area contributed by atoms with Crippen LogP contribution in [0, 0.1) is 5.92 Å². The second-order valence-electron chi connectivity index (χ2n) is 10.9. The lowest BCUT2D eigenvalue weighted by atomic mass is 10.00. The topological polar surface area (TPSA) is 102 Å². The third-order valence-corrected chi connectivity index (χ3v) is 7.91. The van der Waals surface area contributed by atoms with Gasteiger partial charge in [-0.05, 0) is 59.7 Å². The van der Waals surface area contributed by atoms with Crippen LogP contribution in [-0.4, -0.2) is 50.5 Å². The zero-order valence-corrected chi connectivity index (χ0v) is 25.6. The molecule has 5 rings (SSSR count). The molecule has 1 aliphatic heterocycles. The molecule has 0 spiro atoms. The summed E-state index contributed by atoms with van der Waals surface area (Å²) in [6, 6.07) is 20.2. The summed E-state index contributed by atoms with van der Waals surface area (Å²) < 4.78 is 42.6. The standard InChI is InChI=1S/C32H31F3N6O3S/c1-20(2)26-6-4-5-7-27(26)41-28(42)18-45-31(41)38-30(43)36-17-21(3)16-22-8-10-23(11-9-22)29-37-19-40(39-29)24-12-14-25(15-13-24)44-32(33,34)35/h4-15,19-21H,16-18H2,1-3H3,(H,36,43)/b38-31-. The highest BCUT2D eigenvalue weighted by Gasteiger charge is 2.32. The van der Waals surface area contributed by atoms with Crippen LogP contribution in [-0.2, 0) is 11.2 Å². The first-order valence-electron chi connectivity index (χ1n) is 14.2. The van der Waals surface area contributed by atoms with Gasteiger partial charge in [-0.2, -0.15) is 4.99 Å². The molecule has 1 N–H and O–H groups in total. The van der Waals surface area contributed by atoms with Gasteiger partial charge in [0.15, 0.2) is 11.0 Å². The van der Waals surface area contributed by atoms with Gasteiger partial charge in [0.05, 0.1) is 17.1 Å². The summed E-state index contributed by atoms with van der Waals surface area (Å²) in [5.74, 6) is 0.585. The van der Waals surface area contributed by atoms with Gasteiger partial charge in [0, 0.05) is 12.1 Å². The van der Waals surface area contributed by atoms with Gasteiger partial charge in [0.1, 0.15) is 12.1 Å². The molecule has 1 aromatic heterocycles. The molecule has 45 heavy (non-hydrogen) atoms. The van der Waals surface area contributed by atoms with E-state index in [4.69, 9.17) is 0 Å². The van der Waals surface area contributed by atoms with E-state index in [9.17, 15) is 22.8 Å². The van der Waals surface area contributed by atoms with Gasteiger partial charge in [0.25, 0.3) is 0 Å². The number of anilines is 1. The van der Waals surface area contributed by atoms with Gasteiger partial charge >= 0.3 is 12.4 Å². The number of ether oxygens (including phenoxy) is 1. The molecular formula is C32H31F3N6O3S. The Bertz CT molecular complexity index is 1690. The number of benzene rings is 3. The van der Waals surface area contributed by atoms with Crippen LogP contribution in [0.3, 0.4) is 0 Å². The fraction of sp³-hybridized carbons (Fsp3) is 0.281. The SMILES string of the molecule is CC(CNC(=O)/N=C1\SCC(=O)N1c1ccccc1C(C)C)Cc1ccc(-c2ncn(-c3ccc(OC(F)(F)F)cc3)n2)cc1. The van der Waals surface area contributed by atoms with E-state index in [-0.39, 0.29) is 29.2 Å². The van der Waals surface area contributed by atoms with Crippen molar-refractivity contribution in [2.75, 3.05) is 17.2 Å². The number of amidine groups is 1. The van der Waals surface area contributed by atoms with Crippen molar-refractivity contribution in [1.82, 2.24) is 20.1 Å². The van der Waals surface area contributed by atoms with Crippen molar-refractivity contribution in [3.63, 3.8) is 0 Å². The zero-order chi connectivity index (χ0) is 32.1. The summed E-state index contributed by atoms with van der Waals surface area (Å²) in [7, 11) is 0. The number of hydrogen-bond donors (Lipinski definition) is 1. The minimum Gasteiger partial charge on any atom is -0.406 e. The highest BCUT2D eigenvalue weighted by molar-refractivity contribution is 8.15. The van der Waals surface area contributed by atoms with E-state index in [0.717, 1.165) is 22.4 Å². The number of carbonyl (C=O) groups excluding carboxylic acids is 2. The summed E-state index contributed by atoms with van der Waals surface area (Å²) in [5.41, 5.74) is 4.13. The third-order valence-electron chi connectivity index (χ3n) is 6.99. The van der Waals surface area contributed by atoms with Crippen LogP contribution in [0.4, 0.5) is 23.7 Å². The number of halogens is 3. The summed E-state index contributed by atoms with van der Waals surface area (Å²) >= 11 is 1.25. The number of hydrogen-bond acceptors (Lipinski definition) is 6. The monoisotopic (exact) mass is 636 g/mol. The molecule has 1 saturated heterocycles. The number of rotatable bonds is 9. The smallest absolute Gasteiger partial charge is 0.406 e. The zero-order valence-electron chi connectivity index (χ0n) is 24.8. The maximum absolute atomic E-state index is 12.7. The van der Waals surface area contributed by atoms with E-state index in [1.54, 1.807) is 0 Å². The van der Waals surface area contributed by atoms with E-state index < -0.39 is 12.4 Å². The maximum atomic E-state index is 12.7. The van der Waals surface area contributed by atoms with Crippen molar-refractivity contribution in [3.8, 4) is 22.8 Å². The van der Waals surface area contributed by atoms with E-state index in [0.29, 0.717) is 29.6 Å². The second kappa shape index (κ2) is 13.6. The molecular weight excluding hydrogens is 605 g/mol. The molecule has 9 nitrogen and oxygen atoms in total. The third kappa shape index (κ3) is 8.09. The Balaban J connectivity index is 1.15. The Morgan fingerprint density at radius 1 is 1.04 bits per heavy atom. The molecule has 1 aliphatic rings. The molecule has 2 heterocycles. The van der Waals surface area contributed by atoms with Crippen molar-refractivity contribution in [1.29, 1.82) is 0 Å². The van der Waals surface area contributed by atoms with Crippen molar-refractivity contribution in [2.45, 2.75) is 39.5 Å². The number of carbonyl (C=O) groups is 2. The minimum atomic E-state index is -4.75. The molecule has 1 unspecified atom stereocenters. The summed E-state index contributed by atoms with van der Waals surface area (Å²) in [6.07, 6.45) is -2.57. The van der Waals surface area contributed by atoms with Crippen LogP contribution in [0.2, 0.25) is 0 Å². The van der Waals surface area contributed by atoms with Crippen molar-refractivity contribution < 1.29 is 27.5 Å². The van der Waals surface area contributed by atoms with Gasteiger partial charge in [-0.15, -0.1) is 18.3 Å². The first kappa shape index (κ1) is 31.8. The highest BCUT2D eigenvalue weighted by Crippen LogP contribution is 2.33. The van der Waals surface area contributed by atoms with E-state index in [1.807, 2.05) is 55.5 Å². The number of para-hydroxylation sites is 1. The van der Waals surface area contributed by atoms with Crippen LogP contribution >= 0.6 is 11.8 Å². The summed E-state index contributed by atoms with van der Waals surface area (Å²) in [5, 5.41) is 7.67. The molecule has 3 amide bonds. The summed E-state index contributed by atoms with van der Waals surface area (Å²) in [4.78, 5) is 35.5. The fourth-order valence-corrected chi connectivity index (χ4v) is 5.69. The Hall–Kier alpha value is -4.65. The molecule has 3 aromatic carbocycles. The minimum absolute atomic E-state index is 0.105. The number of thioether (sulfide) groups is 1. The van der Waals surface area contributed by atoms with Crippen LogP contribution in [0.15, 0.2) is 84.1 Å². The second-order valence-corrected chi connectivity index (χ2v) is 11.8. The van der Waals surface area contributed by atoms with Gasteiger partial charge in [0.2, 0.25) is 5.91 Å². The number of aliphatic imine (C=N–C) groups is 1. The number of nitrogens with one attached hydrogen (secondary N) is 1. The predicted molar refractivity (Wildman–Crippen MR) is 168 cm³/mol.